The van der Waals surface area contributed by atoms with Crippen LogP contribution in [0.2, 0.25) is 0 Å². The lowest BCUT2D eigenvalue weighted by Gasteiger charge is -2.19. The third-order valence-corrected chi connectivity index (χ3v) is 1.80. The van der Waals surface area contributed by atoms with E-state index < -0.39 is 0 Å². The van der Waals surface area contributed by atoms with Gasteiger partial charge in [-0.15, -0.1) is 0 Å². The van der Waals surface area contributed by atoms with Crippen LogP contribution in [0.25, 0.3) is 0 Å². The molecule has 0 spiro atoms. The molecule has 0 radical (unpaired) electrons. The number of carbonyl (C=O) groups is 1. The van der Waals surface area contributed by atoms with Gasteiger partial charge in [-0.1, -0.05) is 6.92 Å². The van der Waals surface area contributed by atoms with Gasteiger partial charge in [-0.25, -0.2) is 0 Å². The highest BCUT2D eigenvalue weighted by Gasteiger charge is 2.13. The molecule has 0 aliphatic rings. The van der Waals surface area contributed by atoms with E-state index in [4.69, 9.17) is 5.73 Å². The third-order valence-electron chi connectivity index (χ3n) is 1.80. The van der Waals surface area contributed by atoms with Gasteiger partial charge in [0.1, 0.15) is 0 Å². The molecule has 0 fully saturated rings. The molecule has 0 aliphatic carbocycles. The molecule has 1 unspecified atom stereocenters. The van der Waals surface area contributed by atoms with E-state index in [9.17, 15) is 4.79 Å². The summed E-state index contributed by atoms with van der Waals surface area (Å²) in [7, 11) is 3.95. The van der Waals surface area contributed by atoms with Crippen LogP contribution in [0.1, 0.15) is 20.3 Å². The van der Waals surface area contributed by atoms with Gasteiger partial charge in [0.05, 0.1) is 6.04 Å². The van der Waals surface area contributed by atoms with Gasteiger partial charge in [-0.3, -0.25) is 4.79 Å². The van der Waals surface area contributed by atoms with E-state index in [1.807, 2.05) is 32.8 Å². The first-order valence-corrected chi connectivity index (χ1v) is 4.68. The molecule has 13 heavy (non-hydrogen) atoms. The number of nitrogens with one attached hydrogen (secondary N) is 1. The Morgan fingerprint density at radius 1 is 1.54 bits per heavy atom. The van der Waals surface area contributed by atoms with Gasteiger partial charge < -0.3 is 16.0 Å². The van der Waals surface area contributed by atoms with Crippen molar-refractivity contribution in [3.05, 3.63) is 0 Å². The number of likely N-dealkylation sites (N-methyl/N-ethyl adjacent to an activating group) is 1. The van der Waals surface area contributed by atoms with Crippen molar-refractivity contribution in [2.75, 3.05) is 20.6 Å². The second kappa shape index (κ2) is 5.94. The van der Waals surface area contributed by atoms with E-state index in [-0.39, 0.29) is 18.0 Å². The molecule has 0 rings (SSSR count). The first kappa shape index (κ1) is 12.4. The Bertz CT molecular complexity index is 159. The zero-order valence-electron chi connectivity index (χ0n) is 9.00. The summed E-state index contributed by atoms with van der Waals surface area (Å²) in [5.74, 6) is -0.0585. The van der Waals surface area contributed by atoms with E-state index in [1.54, 1.807) is 0 Å². The van der Waals surface area contributed by atoms with Gasteiger partial charge in [0.2, 0.25) is 5.91 Å². The van der Waals surface area contributed by atoms with Crippen molar-refractivity contribution in [3.8, 4) is 0 Å². The van der Waals surface area contributed by atoms with Crippen LogP contribution < -0.4 is 11.1 Å². The zero-order valence-corrected chi connectivity index (χ0v) is 9.00. The summed E-state index contributed by atoms with van der Waals surface area (Å²) < 4.78 is 0. The number of rotatable bonds is 5. The monoisotopic (exact) mass is 187 g/mol. The molecule has 1 amide bonds. The molecule has 0 heterocycles. The average Bonchev–Trinajstić information content (AvgIpc) is 2.01. The number of carbonyl (C=O) groups excluding carboxylic acids is 1. The standard InChI is InChI=1S/C9H21N3O/c1-5-8(10)9(13)11-7(2)6-12(3)4/h7-8H,5-6,10H2,1-4H3,(H,11,13)/t7?,8-/m0/s1. The number of hydrogen-bond donors (Lipinski definition) is 2. The van der Waals surface area contributed by atoms with Crippen molar-refractivity contribution in [2.45, 2.75) is 32.4 Å². The normalized spacial score (nSPS) is 15.5. The summed E-state index contributed by atoms with van der Waals surface area (Å²) in [5, 5.41) is 2.86. The van der Waals surface area contributed by atoms with Crippen LogP contribution in [-0.2, 0) is 4.79 Å². The van der Waals surface area contributed by atoms with Gasteiger partial charge in [-0.2, -0.15) is 0 Å². The van der Waals surface area contributed by atoms with Gasteiger partial charge in [0.15, 0.2) is 0 Å². The van der Waals surface area contributed by atoms with E-state index >= 15 is 0 Å². The lowest BCUT2D eigenvalue weighted by Crippen LogP contribution is -2.47. The molecule has 0 bridgehead atoms. The van der Waals surface area contributed by atoms with Crippen molar-refractivity contribution < 1.29 is 4.79 Å². The molecule has 78 valence electrons. The molecule has 4 nitrogen and oxygen atoms in total. The molecule has 0 saturated heterocycles. The number of nitrogens with zero attached hydrogens (tertiary/aromatic N) is 1. The van der Waals surface area contributed by atoms with Crippen LogP contribution in [0.3, 0.4) is 0 Å². The fourth-order valence-corrected chi connectivity index (χ4v) is 1.13. The maximum absolute atomic E-state index is 11.3. The molecular formula is C9H21N3O. The molecule has 0 aromatic heterocycles. The summed E-state index contributed by atoms with van der Waals surface area (Å²) in [6.07, 6.45) is 0.681. The third kappa shape index (κ3) is 5.60. The predicted octanol–water partition coefficient (Wildman–Crippen LogP) is -0.210. The maximum Gasteiger partial charge on any atom is 0.237 e. The minimum absolute atomic E-state index is 0.0585. The molecular weight excluding hydrogens is 166 g/mol. The molecule has 0 aromatic carbocycles. The quantitative estimate of drug-likeness (QED) is 0.626. The second-order valence-corrected chi connectivity index (χ2v) is 3.69. The van der Waals surface area contributed by atoms with Crippen molar-refractivity contribution in [3.63, 3.8) is 0 Å². The van der Waals surface area contributed by atoms with Crippen LogP contribution >= 0.6 is 0 Å². The summed E-state index contributed by atoms with van der Waals surface area (Å²) in [6.45, 7) is 4.71. The summed E-state index contributed by atoms with van der Waals surface area (Å²) in [5.41, 5.74) is 5.57. The first-order valence-electron chi connectivity index (χ1n) is 4.68. The Hall–Kier alpha value is -0.610. The zero-order chi connectivity index (χ0) is 10.4. The molecule has 3 N–H and O–H groups in total. The van der Waals surface area contributed by atoms with E-state index in [2.05, 4.69) is 5.32 Å². The lowest BCUT2D eigenvalue weighted by molar-refractivity contribution is -0.123. The van der Waals surface area contributed by atoms with Gasteiger partial charge in [0, 0.05) is 12.6 Å². The summed E-state index contributed by atoms with van der Waals surface area (Å²) in [6, 6.07) is -0.218. The van der Waals surface area contributed by atoms with Crippen LogP contribution in [0.5, 0.6) is 0 Å². The maximum atomic E-state index is 11.3. The highest BCUT2D eigenvalue weighted by Crippen LogP contribution is 1.89. The Morgan fingerprint density at radius 2 is 2.08 bits per heavy atom. The number of nitrogens with two attached hydrogens (primary N) is 1. The van der Waals surface area contributed by atoms with E-state index in [0.29, 0.717) is 6.42 Å². The molecule has 4 heteroatoms. The fourth-order valence-electron chi connectivity index (χ4n) is 1.13. The summed E-state index contributed by atoms with van der Waals surface area (Å²) >= 11 is 0. The lowest BCUT2D eigenvalue weighted by atomic mass is 10.2. The van der Waals surface area contributed by atoms with Crippen molar-refractivity contribution in [1.29, 1.82) is 0 Å². The largest absolute Gasteiger partial charge is 0.351 e. The minimum Gasteiger partial charge on any atom is -0.351 e. The summed E-state index contributed by atoms with van der Waals surface area (Å²) in [4.78, 5) is 13.3. The van der Waals surface area contributed by atoms with Crippen LogP contribution in [0.4, 0.5) is 0 Å². The molecule has 2 atom stereocenters. The van der Waals surface area contributed by atoms with E-state index in [1.165, 1.54) is 0 Å². The van der Waals surface area contributed by atoms with E-state index in [0.717, 1.165) is 6.54 Å². The Kier molecular flexibility index (Phi) is 5.66. The smallest absolute Gasteiger partial charge is 0.237 e. The van der Waals surface area contributed by atoms with Gasteiger partial charge in [-0.05, 0) is 27.4 Å². The Balaban J connectivity index is 3.77. The Morgan fingerprint density at radius 3 is 2.46 bits per heavy atom. The predicted molar refractivity (Wildman–Crippen MR) is 54.4 cm³/mol. The first-order chi connectivity index (χ1) is 5.97. The van der Waals surface area contributed by atoms with Crippen LogP contribution in [0, 0.1) is 0 Å². The molecule has 0 saturated carbocycles. The molecule has 0 aromatic rings. The number of amides is 1. The van der Waals surface area contributed by atoms with Gasteiger partial charge in [0.25, 0.3) is 0 Å². The molecule has 0 aliphatic heterocycles. The van der Waals surface area contributed by atoms with Crippen molar-refractivity contribution >= 4 is 5.91 Å². The Labute approximate surface area is 80.5 Å². The van der Waals surface area contributed by atoms with Crippen molar-refractivity contribution in [1.82, 2.24) is 10.2 Å². The minimum atomic E-state index is -0.371. The highest BCUT2D eigenvalue weighted by molar-refractivity contribution is 5.81. The average molecular weight is 187 g/mol. The SMILES string of the molecule is CC[C@H](N)C(=O)NC(C)CN(C)C. The van der Waals surface area contributed by atoms with Crippen LogP contribution in [0.15, 0.2) is 0 Å². The van der Waals surface area contributed by atoms with Gasteiger partial charge >= 0.3 is 0 Å². The number of hydrogen-bond acceptors (Lipinski definition) is 3. The topological polar surface area (TPSA) is 58.4 Å². The second-order valence-electron chi connectivity index (χ2n) is 3.69. The van der Waals surface area contributed by atoms with Crippen LogP contribution in [-0.4, -0.2) is 43.5 Å². The fraction of sp³-hybridized carbons (Fsp3) is 0.889. The van der Waals surface area contributed by atoms with Crippen molar-refractivity contribution in [2.24, 2.45) is 5.73 Å². The highest BCUT2D eigenvalue weighted by atomic mass is 16.2.